The zero-order valence-electron chi connectivity index (χ0n) is 9.42. The minimum atomic E-state index is -4.35. The summed E-state index contributed by atoms with van der Waals surface area (Å²) in [7, 11) is 0. The number of hydrogen-bond donors (Lipinski definition) is 0. The van der Waals surface area contributed by atoms with E-state index in [4.69, 9.17) is 16.3 Å². The molecule has 0 amide bonds. The van der Waals surface area contributed by atoms with Crippen LogP contribution >= 0.6 is 22.9 Å². The van der Waals surface area contributed by atoms with Gasteiger partial charge in [-0.1, -0.05) is 6.92 Å². The molecule has 0 aliphatic rings. The van der Waals surface area contributed by atoms with Crippen molar-refractivity contribution in [2.75, 3.05) is 0 Å². The molecule has 0 aromatic carbocycles. The lowest BCUT2D eigenvalue weighted by atomic mass is 10.2. The van der Waals surface area contributed by atoms with E-state index < -0.39 is 18.4 Å². The fourth-order valence-corrected chi connectivity index (χ4v) is 2.35. The molecule has 2 atom stereocenters. The number of alkyl halides is 4. The summed E-state index contributed by atoms with van der Waals surface area (Å²) in [5.41, 5.74) is 0.661. The van der Waals surface area contributed by atoms with Crippen LogP contribution in [0.2, 0.25) is 0 Å². The molecule has 1 aromatic rings. The predicted octanol–water partition coefficient (Wildman–Crippen LogP) is 4.30. The van der Waals surface area contributed by atoms with Gasteiger partial charge in [0.15, 0.2) is 6.10 Å². The molecule has 1 rings (SSSR count). The van der Waals surface area contributed by atoms with Crippen molar-refractivity contribution in [2.24, 2.45) is 0 Å². The van der Waals surface area contributed by atoms with E-state index in [0.717, 1.165) is 6.92 Å². The molecular weight excluding hydrogens is 275 g/mol. The van der Waals surface area contributed by atoms with E-state index in [0.29, 0.717) is 17.1 Å². The molecule has 1 heterocycles. The van der Waals surface area contributed by atoms with Crippen LogP contribution in [0.1, 0.15) is 37.1 Å². The molecule has 7 heteroatoms. The minimum Gasteiger partial charge on any atom is -0.359 e. The van der Waals surface area contributed by atoms with Gasteiger partial charge in [-0.25, -0.2) is 4.98 Å². The van der Waals surface area contributed by atoms with Gasteiger partial charge < -0.3 is 4.74 Å². The van der Waals surface area contributed by atoms with E-state index in [1.54, 1.807) is 12.3 Å². The van der Waals surface area contributed by atoms with Crippen LogP contribution in [0, 0.1) is 0 Å². The molecule has 2 unspecified atom stereocenters. The summed E-state index contributed by atoms with van der Waals surface area (Å²) in [6.45, 7) is 2.76. The molecule has 0 saturated heterocycles. The van der Waals surface area contributed by atoms with E-state index in [1.165, 1.54) is 11.3 Å². The van der Waals surface area contributed by atoms with Gasteiger partial charge in [-0.3, -0.25) is 0 Å². The van der Waals surface area contributed by atoms with Crippen molar-refractivity contribution in [1.82, 2.24) is 4.98 Å². The third kappa shape index (κ3) is 4.12. The largest absolute Gasteiger partial charge is 0.414 e. The summed E-state index contributed by atoms with van der Waals surface area (Å²) in [5, 5.41) is 2.27. The number of hydrogen-bond acceptors (Lipinski definition) is 3. The highest BCUT2D eigenvalue weighted by Gasteiger charge is 2.38. The minimum absolute atomic E-state index is 0.252. The van der Waals surface area contributed by atoms with Gasteiger partial charge in [0.2, 0.25) is 0 Å². The van der Waals surface area contributed by atoms with Crippen molar-refractivity contribution < 1.29 is 17.9 Å². The Balaban J connectivity index is 2.72. The normalized spacial score (nSPS) is 15.9. The standard InChI is InChI=1S/C10H13ClF3NOS/c1-3-8(16-6(2)10(12,13)14)9-15-7(4-11)5-17-9/h5-6,8H,3-4H2,1-2H3. The molecule has 0 radical (unpaired) electrons. The summed E-state index contributed by atoms with van der Waals surface area (Å²) in [5.74, 6) is 0.252. The lowest BCUT2D eigenvalue weighted by Crippen LogP contribution is -2.30. The molecule has 98 valence electrons. The van der Waals surface area contributed by atoms with Gasteiger partial charge in [0.25, 0.3) is 0 Å². The second kappa shape index (κ2) is 6.02. The molecule has 1 aromatic heterocycles. The maximum atomic E-state index is 12.4. The summed E-state index contributed by atoms with van der Waals surface area (Å²) in [4.78, 5) is 4.13. The van der Waals surface area contributed by atoms with E-state index in [2.05, 4.69) is 4.98 Å². The number of thiazole rings is 1. The van der Waals surface area contributed by atoms with Crippen LogP contribution in [0.15, 0.2) is 5.38 Å². The van der Waals surface area contributed by atoms with Gasteiger partial charge in [0, 0.05) is 5.38 Å². The van der Waals surface area contributed by atoms with Gasteiger partial charge in [-0.15, -0.1) is 22.9 Å². The van der Waals surface area contributed by atoms with Crippen LogP contribution in [0.5, 0.6) is 0 Å². The van der Waals surface area contributed by atoms with Crippen LogP contribution in [0.25, 0.3) is 0 Å². The van der Waals surface area contributed by atoms with Crippen LogP contribution in [-0.4, -0.2) is 17.3 Å². The molecule has 2 nitrogen and oxygen atoms in total. The lowest BCUT2D eigenvalue weighted by molar-refractivity contribution is -0.228. The summed E-state index contributed by atoms with van der Waals surface area (Å²) >= 11 is 6.86. The molecule has 0 fully saturated rings. The third-order valence-corrected chi connectivity index (χ3v) is 3.44. The SMILES string of the molecule is CCC(OC(C)C(F)(F)F)c1nc(CCl)cs1. The van der Waals surface area contributed by atoms with Crippen molar-refractivity contribution >= 4 is 22.9 Å². The predicted molar refractivity (Wildman–Crippen MR) is 61.3 cm³/mol. The van der Waals surface area contributed by atoms with Gasteiger partial charge in [-0.2, -0.15) is 13.2 Å². The Hall–Kier alpha value is -0.330. The smallest absolute Gasteiger partial charge is 0.359 e. The monoisotopic (exact) mass is 287 g/mol. The third-order valence-electron chi connectivity index (χ3n) is 2.18. The molecule has 0 saturated carbocycles. The van der Waals surface area contributed by atoms with Crippen LogP contribution < -0.4 is 0 Å². The lowest BCUT2D eigenvalue weighted by Gasteiger charge is -2.21. The van der Waals surface area contributed by atoms with Crippen molar-refractivity contribution in [3.05, 3.63) is 16.1 Å². The molecule has 17 heavy (non-hydrogen) atoms. The Morgan fingerprint density at radius 3 is 2.59 bits per heavy atom. The van der Waals surface area contributed by atoms with Crippen LogP contribution in [0.3, 0.4) is 0 Å². The van der Waals surface area contributed by atoms with E-state index in [1.807, 2.05) is 0 Å². The Morgan fingerprint density at radius 2 is 2.18 bits per heavy atom. The first kappa shape index (κ1) is 14.7. The molecule has 0 N–H and O–H groups in total. The molecular formula is C10H13ClF3NOS. The van der Waals surface area contributed by atoms with Crippen LogP contribution in [-0.2, 0) is 10.6 Å². The average molecular weight is 288 g/mol. The maximum absolute atomic E-state index is 12.4. The first-order valence-electron chi connectivity index (χ1n) is 5.10. The molecule has 0 aliphatic heterocycles. The Bertz CT molecular complexity index is 356. The number of rotatable bonds is 5. The number of ether oxygens (including phenoxy) is 1. The second-order valence-corrected chi connectivity index (χ2v) is 4.68. The summed E-state index contributed by atoms with van der Waals surface area (Å²) in [6.07, 6.45) is -6.33. The Labute approximate surface area is 107 Å². The first-order valence-corrected chi connectivity index (χ1v) is 6.52. The summed E-state index contributed by atoms with van der Waals surface area (Å²) < 4.78 is 42.1. The van der Waals surface area contributed by atoms with E-state index in [9.17, 15) is 13.2 Å². The van der Waals surface area contributed by atoms with Crippen LogP contribution in [0.4, 0.5) is 13.2 Å². The Kier molecular flexibility index (Phi) is 5.22. The highest BCUT2D eigenvalue weighted by Crippen LogP contribution is 2.31. The van der Waals surface area contributed by atoms with Gasteiger partial charge in [-0.05, 0) is 13.3 Å². The fourth-order valence-electron chi connectivity index (χ4n) is 1.18. The number of aromatic nitrogens is 1. The highest BCUT2D eigenvalue weighted by molar-refractivity contribution is 7.09. The molecule has 0 aliphatic carbocycles. The zero-order valence-corrected chi connectivity index (χ0v) is 11.0. The maximum Gasteiger partial charge on any atom is 0.414 e. The topological polar surface area (TPSA) is 22.1 Å². The molecule has 0 spiro atoms. The number of nitrogens with zero attached hydrogens (tertiary/aromatic N) is 1. The van der Waals surface area contributed by atoms with Gasteiger partial charge in [0.1, 0.15) is 11.1 Å². The highest BCUT2D eigenvalue weighted by atomic mass is 35.5. The van der Waals surface area contributed by atoms with E-state index in [-0.39, 0.29) is 5.88 Å². The number of halogens is 4. The summed E-state index contributed by atoms with van der Waals surface area (Å²) in [6, 6.07) is 0. The van der Waals surface area contributed by atoms with E-state index >= 15 is 0 Å². The second-order valence-electron chi connectivity index (χ2n) is 3.53. The van der Waals surface area contributed by atoms with Crippen molar-refractivity contribution in [2.45, 2.75) is 44.5 Å². The molecule has 0 bridgehead atoms. The van der Waals surface area contributed by atoms with Gasteiger partial charge >= 0.3 is 6.18 Å². The van der Waals surface area contributed by atoms with Crippen molar-refractivity contribution in [1.29, 1.82) is 0 Å². The fraction of sp³-hybridized carbons (Fsp3) is 0.700. The van der Waals surface area contributed by atoms with Crippen molar-refractivity contribution in [3.63, 3.8) is 0 Å². The average Bonchev–Trinajstić information content (AvgIpc) is 2.72. The Morgan fingerprint density at radius 1 is 1.53 bits per heavy atom. The quantitative estimate of drug-likeness (QED) is 0.753. The van der Waals surface area contributed by atoms with Gasteiger partial charge in [0.05, 0.1) is 11.6 Å². The first-order chi connectivity index (χ1) is 7.88. The zero-order chi connectivity index (χ0) is 13.1. The van der Waals surface area contributed by atoms with Crippen molar-refractivity contribution in [3.8, 4) is 0 Å².